The van der Waals surface area contributed by atoms with Gasteiger partial charge in [0.25, 0.3) is 0 Å². The molecule has 0 aromatic carbocycles. The zero-order chi connectivity index (χ0) is 10.3. The highest BCUT2D eigenvalue weighted by molar-refractivity contribution is 9.09. The van der Waals surface area contributed by atoms with Crippen molar-refractivity contribution in [1.29, 1.82) is 0 Å². The Morgan fingerprint density at radius 3 is 2.31 bits per heavy atom. The SMILES string of the molecule is CC1(C(N)=O)CCC(CBr)C1(C)C. The van der Waals surface area contributed by atoms with Gasteiger partial charge in [-0.05, 0) is 24.2 Å². The second-order valence-corrected chi connectivity index (χ2v) is 5.46. The van der Waals surface area contributed by atoms with Crippen molar-refractivity contribution in [2.24, 2.45) is 22.5 Å². The molecule has 0 aliphatic heterocycles. The zero-order valence-electron chi connectivity index (χ0n) is 8.56. The minimum Gasteiger partial charge on any atom is -0.369 e. The van der Waals surface area contributed by atoms with Crippen LogP contribution in [0.2, 0.25) is 0 Å². The maximum Gasteiger partial charge on any atom is 0.223 e. The van der Waals surface area contributed by atoms with E-state index in [0.29, 0.717) is 5.92 Å². The molecule has 1 rings (SSSR count). The largest absolute Gasteiger partial charge is 0.369 e. The number of primary amides is 1. The third-order valence-corrected chi connectivity index (χ3v) is 4.95. The summed E-state index contributed by atoms with van der Waals surface area (Å²) in [4.78, 5) is 11.4. The van der Waals surface area contributed by atoms with E-state index in [1.54, 1.807) is 0 Å². The molecule has 0 bridgehead atoms. The van der Waals surface area contributed by atoms with Crippen molar-refractivity contribution in [3.8, 4) is 0 Å². The third kappa shape index (κ3) is 1.41. The van der Waals surface area contributed by atoms with Crippen LogP contribution in [0.15, 0.2) is 0 Å². The Morgan fingerprint density at radius 2 is 2.08 bits per heavy atom. The molecule has 0 aromatic rings. The van der Waals surface area contributed by atoms with Crippen molar-refractivity contribution in [3.63, 3.8) is 0 Å². The number of nitrogens with two attached hydrogens (primary N) is 1. The summed E-state index contributed by atoms with van der Waals surface area (Å²) in [7, 11) is 0. The minimum absolute atomic E-state index is 0.0162. The summed E-state index contributed by atoms with van der Waals surface area (Å²) in [6.07, 6.45) is 2.02. The number of amides is 1. The van der Waals surface area contributed by atoms with E-state index in [9.17, 15) is 4.79 Å². The first-order valence-corrected chi connectivity index (χ1v) is 5.84. The van der Waals surface area contributed by atoms with Crippen molar-refractivity contribution in [2.45, 2.75) is 33.6 Å². The topological polar surface area (TPSA) is 43.1 Å². The lowest BCUT2D eigenvalue weighted by molar-refractivity contribution is -0.132. The van der Waals surface area contributed by atoms with Gasteiger partial charge in [0.2, 0.25) is 5.91 Å². The Kier molecular flexibility index (Phi) is 2.77. The number of carbonyl (C=O) groups is 1. The van der Waals surface area contributed by atoms with Crippen LogP contribution in [-0.4, -0.2) is 11.2 Å². The summed E-state index contributed by atoms with van der Waals surface area (Å²) in [5.74, 6) is 0.408. The maximum atomic E-state index is 11.4. The molecule has 1 amide bonds. The Labute approximate surface area is 88.4 Å². The molecule has 0 spiro atoms. The first kappa shape index (κ1) is 11.0. The number of hydrogen-bond donors (Lipinski definition) is 1. The quantitative estimate of drug-likeness (QED) is 0.748. The lowest BCUT2D eigenvalue weighted by atomic mass is 9.66. The van der Waals surface area contributed by atoms with Gasteiger partial charge in [0.15, 0.2) is 0 Å². The molecule has 76 valence electrons. The van der Waals surface area contributed by atoms with E-state index < -0.39 is 0 Å². The fraction of sp³-hybridized carbons (Fsp3) is 0.900. The monoisotopic (exact) mass is 247 g/mol. The highest BCUT2D eigenvalue weighted by Crippen LogP contribution is 2.56. The van der Waals surface area contributed by atoms with E-state index >= 15 is 0 Å². The summed E-state index contributed by atoms with van der Waals surface area (Å²) in [6.45, 7) is 6.30. The summed E-state index contributed by atoms with van der Waals surface area (Å²) < 4.78 is 0. The summed E-state index contributed by atoms with van der Waals surface area (Å²) in [6, 6.07) is 0. The number of rotatable bonds is 2. The van der Waals surface area contributed by atoms with Gasteiger partial charge < -0.3 is 5.73 Å². The van der Waals surface area contributed by atoms with E-state index in [1.165, 1.54) is 0 Å². The number of alkyl halides is 1. The molecule has 2 N–H and O–H groups in total. The molecule has 1 fully saturated rings. The maximum absolute atomic E-state index is 11.4. The molecular formula is C10H18BrNO. The van der Waals surface area contributed by atoms with Crippen LogP contribution in [0.3, 0.4) is 0 Å². The van der Waals surface area contributed by atoms with E-state index in [4.69, 9.17) is 5.73 Å². The van der Waals surface area contributed by atoms with Gasteiger partial charge in [-0.15, -0.1) is 0 Å². The van der Waals surface area contributed by atoms with Crippen LogP contribution in [0.5, 0.6) is 0 Å². The lowest BCUT2D eigenvalue weighted by Crippen LogP contribution is -2.44. The van der Waals surface area contributed by atoms with Gasteiger partial charge in [-0.25, -0.2) is 0 Å². The smallest absolute Gasteiger partial charge is 0.223 e. The van der Waals surface area contributed by atoms with Gasteiger partial charge in [-0.1, -0.05) is 36.7 Å². The minimum atomic E-state index is -0.328. The first-order valence-electron chi connectivity index (χ1n) is 4.72. The van der Waals surface area contributed by atoms with Gasteiger partial charge in [-0.2, -0.15) is 0 Å². The van der Waals surface area contributed by atoms with E-state index in [2.05, 4.69) is 29.8 Å². The summed E-state index contributed by atoms with van der Waals surface area (Å²) >= 11 is 3.50. The molecule has 2 unspecified atom stereocenters. The molecule has 0 radical (unpaired) electrons. The third-order valence-electron chi connectivity index (χ3n) is 4.17. The van der Waals surface area contributed by atoms with Crippen LogP contribution in [0.25, 0.3) is 0 Å². The normalized spacial score (nSPS) is 37.7. The molecule has 0 saturated heterocycles. The number of carbonyl (C=O) groups excluding carboxylic acids is 1. The number of hydrogen-bond acceptors (Lipinski definition) is 1. The van der Waals surface area contributed by atoms with Gasteiger partial charge in [0.05, 0.1) is 5.41 Å². The van der Waals surface area contributed by atoms with Crippen LogP contribution < -0.4 is 5.73 Å². The fourth-order valence-corrected chi connectivity index (χ4v) is 3.44. The molecule has 1 aliphatic rings. The highest BCUT2D eigenvalue weighted by atomic mass is 79.9. The molecule has 0 aromatic heterocycles. The van der Waals surface area contributed by atoms with Gasteiger partial charge >= 0.3 is 0 Å². The van der Waals surface area contributed by atoms with Crippen molar-refractivity contribution >= 4 is 21.8 Å². The molecule has 1 aliphatic carbocycles. The first-order chi connectivity index (χ1) is 5.86. The summed E-state index contributed by atoms with van der Waals surface area (Å²) in [5.41, 5.74) is 5.16. The average molecular weight is 248 g/mol. The van der Waals surface area contributed by atoms with E-state index in [1.807, 2.05) is 6.92 Å². The molecule has 2 nitrogen and oxygen atoms in total. The van der Waals surface area contributed by atoms with E-state index in [0.717, 1.165) is 18.2 Å². The molecule has 13 heavy (non-hydrogen) atoms. The van der Waals surface area contributed by atoms with Crippen LogP contribution in [0.1, 0.15) is 33.6 Å². The van der Waals surface area contributed by atoms with Gasteiger partial charge in [-0.3, -0.25) is 4.79 Å². The predicted octanol–water partition coefficient (Wildman–Crippen LogP) is 2.31. The second-order valence-electron chi connectivity index (χ2n) is 4.81. The fourth-order valence-electron chi connectivity index (χ4n) is 2.31. The van der Waals surface area contributed by atoms with Crippen molar-refractivity contribution in [1.82, 2.24) is 0 Å². The Bertz CT molecular complexity index is 227. The molecule has 2 atom stereocenters. The number of halogens is 1. The van der Waals surface area contributed by atoms with Crippen LogP contribution >= 0.6 is 15.9 Å². The van der Waals surface area contributed by atoms with E-state index in [-0.39, 0.29) is 16.7 Å². The predicted molar refractivity (Wildman–Crippen MR) is 57.6 cm³/mol. The molecule has 3 heteroatoms. The Hall–Kier alpha value is -0.0500. The Balaban J connectivity index is 2.99. The van der Waals surface area contributed by atoms with Gasteiger partial charge in [0.1, 0.15) is 0 Å². The zero-order valence-corrected chi connectivity index (χ0v) is 10.1. The second kappa shape index (κ2) is 3.26. The lowest BCUT2D eigenvalue weighted by Gasteiger charge is -2.38. The van der Waals surface area contributed by atoms with Crippen LogP contribution in [0.4, 0.5) is 0 Å². The molecule has 1 saturated carbocycles. The van der Waals surface area contributed by atoms with Crippen LogP contribution in [-0.2, 0) is 4.79 Å². The standard InChI is InChI=1S/C10H18BrNO/c1-9(2)7(6-11)4-5-10(9,3)8(12)13/h7H,4-6H2,1-3H3,(H2,12,13). The average Bonchev–Trinajstić information content (AvgIpc) is 2.25. The Morgan fingerprint density at radius 1 is 1.54 bits per heavy atom. The van der Waals surface area contributed by atoms with Crippen molar-refractivity contribution < 1.29 is 4.79 Å². The van der Waals surface area contributed by atoms with Crippen molar-refractivity contribution in [2.75, 3.05) is 5.33 Å². The summed E-state index contributed by atoms with van der Waals surface area (Å²) in [5, 5.41) is 0.961. The van der Waals surface area contributed by atoms with Crippen molar-refractivity contribution in [3.05, 3.63) is 0 Å². The molecule has 0 heterocycles. The van der Waals surface area contributed by atoms with Crippen LogP contribution in [0, 0.1) is 16.7 Å². The van der Waals surface area contributed by atoms with Gasteiger partial charge in [0, 0.05) is 5.33 Å². The molecular weight excluding hydrogens is 230 g/mol. The highest BCUT2D eigenvalue weighted by Gasteiger charge is 2.54.